The smallest absolute Gasteiger partial charge is 0.228 e. The van der Waals surface area contributed by atoms with Crippen molar-refractivity contribution in [3.63, 3.8) is 0 Å². The summed E-state index contributed by atoms with van der Waals surface area (Å²) in [6, 6.07) is 3.55. The van der Waals surface area contributed by atoms with Crippen molar-refractivity contribution in [3.05, 3.63) is 29.8 Å². The molecule has 0 spiro atoms. The van der Waals surface area contributed by atoms with Crippen LogP contribution in [0.4, 0.5) is 14.5 Å². The molecule has 1 heterocycles. The molecule has 1 atom stereocenters. The fourth-order valence-corrected chi connectivity index (χ4v) is 2.22. The first-order chi connectivity index (χ1) is 8.47. The van der Waals surface area contributed by atoms with Crippen molar-refractivity contribution in [2.24, 2.45) is 0 Å². The molecule has 0 saturated carbocycles. The van der Waals surface area contributed by atoms with Crippen molar-refractivity contribution in [2.75, 3.05) is 11.4 Å². The normalized spacial score (nSPS) is 19.9. The quantitative estimate of drug-likeness (QED) is 0.895. The highest BCUT2D eigenvalue weighted by atomic mass is 19.1. The van der Waals surface area contributed by atoms with Crippen molar-refractivity contribution in [3.8, 4) is 0 Å². The van der Waals surface area contributed by atoms with E-state index in [1.54, 1.807) is 0 Å². The zero-order chi connectivity index (χ0) is 13.3. The fourth-order valence-electron chi connectivity index (χ4n) is 2.22. The van der Waals surface area contributed by atoms with Crippen molar-refractivity contribution < 1.29 is 13.6 Å². The van der Waals surface area contributed by atoms with E-state index >= 15 is 0 Å². The van der Waals surface area contributed by atoms with Crippen molar-refractivity contribution in [1.82, 2.24) is 5.32 Å². The van der Waals surface area contributed by atoms with Gasteiger partial charge in [-0.2, -0.15) is 0 Å². The van der Waals surface area contributed by atoms with E-state index in [1.807, 2.05) is 13.8 Å². The molecule has 0 aliphatic carbocycles. The van der Waals surface area contributed by atoms with Gasteiger partial charge in [0.25, 0.3) is 0 Å². The Morgan fingerprint density at radius 3 is 2.72 bits per heavy atom. The minimum atomic E-state index is -0.700. The molecule has 2 rings (SSSR count). The van der Waals surface area contributed by atoms with Crippen LogP contribution in [0.5, 0.6) is 0 Å². The number of benzene rings is 1. The third-order valence-electron chi connectivity index (χ3n) is 2.89. The third kappa shape index (κ3) is 2.67. The van der Waals surface area contributed by atoms with Gasteiger partial charge >= 0.3 is 0 Å². The number of halogens is 2. The summed E-state index contributed by atoms with van der Waals surface area (Å²) in [6.07, 6.45) is 0.342. The molecule has 0 aromatic heterocycles. The predicted molar refractivity (Wildman–Crippen MR) is 65.4 cm³/mol. The minimum Gasteiger partial charge on any atom is -0.309 e. The van der Waals surface area contributed by atoms with E-state index in [9.17, 15) is 13.6 Å². The Morgan fingerprint density at radius 2 is 2.11 bits per heavy atom. The minimum absolute atomic E-state index is 0.0157. The summed E-state index contributed by atoms with van der Waals surface area (Å²) in [7, 11) is 0. The van der Waals surface area contributed by atoms with E-state index in [4.69, 9.17) is 0 Å². The molecule has 18 heavy (non-hydrogen) atoms. The second-order valence-electron chi connectivity index (χ2n) is 4.82. The first-order valence-corrected chi connectivity index (χ1v) is 5.99. The average molecular weight is 254 g/mol. The lowest BCUT2D eigenvalue weighted by atomic mass is 10.2. The lowest BCUT2D eigenvalue weighted by Crippen LogP contribution is -2.37. The summed E-state index contributed by atoms with van der Waals surface area (Å²) >= 11 is 0. The Hall–Kier alpha value is -1.49. The van der Waals surface area contributed by atoms with Gasteiger partial charge in [0.1, 0.15) is 11.6 Å². The molecule has 0 bridgehead atoms. The molecular weight excluding hydrogens is 238 g/mol. The summed E-state index contributed by atoms with van der Waals surface area (Å²) in [5.41, 5.74) is 0.148. The van der Waals surface area contributed by atoms with Gasteiger partial charge in [0.2, 0.25) is 5.91 Å². The van der Waals surface area contributed by atoms with E-state index in [-0.39, 0.29) is 23.7 Å². The van der Waals surface area contributed by atoms with Crippen LogP contribution in [-0.2, 0) is 4.79 Å². The molecule has 1 fully saturated rings. The van der Waals surface area contributed by atoms with Crippen LogP contribution in [0.2, 0.25) is 0 Å². The van der Waals surface area contributed by atoms with Crippen LogP contribution in [0.15, 0.2) is 18.2 Å². The molecular formula is C13H16F2N2O. The molecule has 1 saturated heterocycles. The third-order valence-corrected chi connectivity index (χ3v) is 2.89. The van der Waals surface area contributed by atoms with Crippen LogP contribution in [0.25, 0.3) is 0 Å². The van der Waals surface area contributed by atoms with Gasteiger partial charge in [0.15, 0.2) is 0 Å². The summed E-state index contributed by atoms with van der Waals surface area (Å²) in [4.78, 5) is 13.2. The van der Waals surface area contributed by atoms with E-state index in [0.717, 1.165) is 12.1 Å². The average Bonchev–Trinajstić information content (AvgIpc) is 2.58. The maximum absolute atomic E-state index is 13.6. The van der Waals surface area contributed by atoms with Crippen LogP contribution >= 0.6 is 0 Å². The lowest BCUT2D eigenvalue weighted by Gasteiger charge is -2.19. The van der Waals surface area contributed by atoms with Crippen LogP contribution < -0.4 is 10.2 Å². The summed E-state index contributed by atoms with van der Waals surface area (Å²) in [6.45, 7) is 4.40. The van der Waals surface area contributed by atoms with E-state index in [1.165, 1.54) is 11.0 Å². The molecule has 1 aliphatic rings. The van der Waals surface area contributed by atoms with E-state index < -0.39 is 11.6 Å². The Kier molecular flexibility index (Phi) is 3.61. The number of rotatable bonds is 3. The van der Waals surface area contributed by atoms with Gasteiger partial charge in [-0.15, -0.1) is 0 Å². The number of nitrogens with one attached hydrogen (secondary N) is 1. The largest absolute Gasteiger partial charge is 0.309 e. The van der Waals surface area contributed by atoms with Gasteiger partial charge in [-0.05, 0) is 12.1 Å². The summed E-state index contributed by atoms with van der Waals surface area (Å²) in [5, 5.41) is 3.24. The molecule has 5 heteroatoms. The van der Waals surface area contributed by atoms with E-state index in [2.05, 4.69) is 5.32 Å². The van der Waals surface area contributed by atoms with Crippen molar-refractivity contribution in [1.29, 1.82) is 0 Å². The number of carbonyl (C=O) groups is 1. The predicted octanol–water partition coefficient (Wildman–Crippen LogP) is 2.07. The Morgan fingerprint density at radius 1 is 1.39 bits per heavy atom. The molecule has 1 aromatic carbocycles. The van der Waals surface area contributed by atoms with Crippen LogP contribution in [0.3, 0.4) is 0 Å². The zero-order valence-electron chi connectivity index (χ0n) is 10.4. The highest BCUT2D eigenvalue weighted by Gasteiger charge is 2.32. The van der Waals surface area contributed by atoms with Gasteiger partial charge in [0.05, 0.1) is 5.69 Å². The first-order valence-electron chi connectivity index (χ1n) is 5.99. The highest BCUT2D eigenvalue weighted by molar-refractivity contribution is 5.96. The van der Waals surface area contributed by atoms with Crippen LogP contribution in [-0.4, -0.2) is 24.5 Å². The summed E-state index contributed by atoms with van der Waals surface area (Å²) < 4.78 is 26.4. The number of carbonyl (C=O) groups excluding carboxylic acids is 1. The number of nitrogens with zero attached hydrogens (tertiary/aromatic N) is 1. The highest BCUT2D eigenvalue weighted by Crippen LogP contribution is 2.25. The molecule has 1 aliphatic heterocycles. The zero-order valence-corrected chi connectivity index (χ0v) is 10.4. The molecule has 1 aromatic rings. The SMILES string of the molecule is CC(C)NC1CC(=O)N(c2ccc(F)cc2F)C1. The van der Waals surface area contributed by atoms with E-state index in [0.29, 0.717) is 13.0 Å². The maximum atomic E-state index is 13.6. The van der Waals surface area contributed by atoms with Crippen molar-refractivity contribution in [2.45, 2.75) is 32.4 Å². The number of anilines is 1. The second kappa shape index (κ2) is 5.02. The summed E-state index contributed by atoms with van der Waals surface area (Å²) in [5.74, 6) is -1.48. The topological polar surface area (TPSA) is 32.3 Å². The van der Waals surface area contributed by atoms with Gasteiger partial charge in [0, 0.05) is 31.1 Å². The molecule has 0 radical (unpaired) electrons. The van der Waals surface area contributed by atoms with Gasteiger partial charge in [-0.25, -0.2) is 8.78 Å². The Balaban J connectivity index is 2.16. The Bertz CT molecular complexity index is 462. The molecule has 98 valence electrons. The van der Waals surface area contributed by atoms with Gasteiger partial charge < -0.3 is 10.2 Å². The monoisotopic (exact) mass is 254 g/mol. The standard InChI is InChI=1S/C13H16F2N2O/c1-8(2)16-10-6-13(18)17(7-10)12-4-3-9(14)5-11(12)15/h3-5,8,10,16H,6-7H2,1-2H3. The maximum Gasteiger partial charge on any atom is 0.228 e. The fraction of sp³-hybridized carbons (Fsp3) is 0.462. The number of amides is 1. The number of hydrogen-bond donors (Lipinski definition) is 1. The van der Waals surface area contributed by atoms with Crippen LogP contribution in [0.1, 0.15) is 20.3 Å². The van der Waals surface area contributed by atoms with Gasteiger partial charge in [-0.1, -0.05) is 13.8 Å². The van der Waals surface area contributed by atoms with Crippen molar-refractivity contribution >= 4 is 11.6 Å². The second-order valence-corrected chi connectivity index (χ2v) is 4.82. The molecule has 3 nitrogen and oxygen atoms in total. The van der Waals surface area contributed by atoms with Crippen LogP contribution in [0, 0.1) is 11.6 Å². The molecule has 1 N–H and O–H groups in total. The number of hydrogen-bond acceptors (Lipinski definition) is 2. The first kappa shape index (κ1) is 13.0. The lowest BCUT2D eigenvalue weighted by molar-refractivity contribution is -0.117. The molecule has 1 unspecified atom stereocenters. The molecule has 1 amide bonds. The Labute approximate surface area is 105 Å². The van der Waals surface area contributed by atoms with Gasteiger partial charge in [-0.3, -0.25) is 4.79 Å².